The summed E-state index contributed by atoms with van der Waals surface area (Å²) in [4.78, 5) is 43.2. The van der Waals surface area contributed by atoms with Gasteiger partial charge in [-0.15, -0.1) is 0 Å². The van der Waals surface area contributed by atoms with Crippen molar-refractivity contribution in [3.8, 4) is 0 Å². The van der Waals surface area contributed by atoms with E-state index in [1.165, 1.54) is 0 Å². The molecule has 0 aliphatic carbocycles. The van der Waals surface area contributed by atoms with Crippen molar-refractivity contribution in [3.05, 3.63) is 0 Å². The van der Waals surface area contributed by atoms with E-state index in [9.17, 15) is 19.0 Å². The lowest BCUT2D eigenvalue weighted by Crippen LogP contribution is -2.30. The molecular formula is C19H36O8P-. The largest absolute Gasteiger partial charge is 0.756 e. The Morgan fingerprint density at radius 2 is 1.36 bits per heavy atom. The number of unbranched alkanes of at least 4 members (excludes halogenated alkanes) is 8. The van der Waals surface area contributed by atoms with E-state index in [1.807, 2.05) is 0 Å². The van der Waals surface area contributed by atoms with Crippen LogP contribution in [-0.2, 0) is 28.2 Å². The monoisotopic (exact) mass is 423 g/mol. The summed E-state index contributed by atoms with van der Waals surface area (Å²) < 4.78 is 25.3. The standard InChI is InChI=1S/C19H37O8P/c1-3-5-7-9-11-13-18(20)25-15-17(16-26-28(22,23)24)27-19(21)14-12-10-8-6-4-2/h17H,3-16H2,1-2H3,(H2,22,23,24)/p-1/t17-/m1/s1. The number of hydrogen-bond acceptors (Lipinski definition) is 7. The van der Waals surface area contributed by atoms with Gasteiger partial charge in [0.15, 0.2) is 6.10 Å². The fourth-order valence-corrected chi connectivity index (χ4v) is 2.90. The minimum Gasteiger partial charge on any atom is -0.756 e. The molecule has 0 heterocycles. The molecule has 166 valence electrons. The minimum absolute atomic E-state index is 0.194. The molecule has 9 heteroatoms. The quantitative estimate of drug-likeness (QED) is 0.201. The van der Waals surface area contributed by atoms with E-state index in [1.54, 1.807) is 0 Å². The number of ether oxygens (including phenoxy) is 2. The van der Waals surface area contributed by atoms with Crippen LogP contribution in [0.4, 0.5) is 0 Å². The Balaban J connectivity index is 4.26. The summed E-state index contributed by atoms with van der Waals surface area (Å²) in [7, 11) is -4.95. The molecule has 0 amide bonds. The smallest absolute Gasteiger partial charge is 0.306 e. The zero-order valence-electron chi connectivity index (χ0n) is 17.2. The van der Waals surface area contributed by atoms with Crippen molar-refractivity contribution < 1.29 is 37.9 Å². The van der Waals surface area contributed by atoms with Crippen molar-refractivity contribution in [1.29, 1.82) is 0 Å². The van der Waals surface area contributed by atoms with E-state index in [4.69, 9.17) is 14.4 Å². The average molecular weight is 423 g/mol. The van der Waals surface area contributed by atoms with Crippen LogP contribution in [0.15, 0.2) is 0 Å². The second-order valence-corrected chi connectivity index (χ2v) is 8.08. The number of phosphoric acid groups is 1. The summed E-state index contributed by atoms with van der Waals surface area (Å²) in [6.07, 6.45) is 9.14. The van der Waals surface area contributed by atoms with Crippen LogP contribution in [0, 0.1) is 0 Å². The lowest BCUT2D eigenvalue weighted by molar-refractivity contribution is -0.223. The Hall–Kier alpha value is -0.950. The number of phosphoric ester groups is 1. The van der Waals surface area contributed by atoms with Gasteiger partial charge in [-0.3, -0.25) is 14.2 Å². The highest BCUT2D eigenvalue weighted by Crippen LogP contribution is 2.30. The molecule has 1 unspecified atom stereocenters. The molecule has 8 nitrogen and oxygen atoms in total. The number of rotatable bonds is 18. The van der Waals surface area contributed by atoms with E-state index in [2.05, 4.69) is 18.4 Å². The van der Waals surface area contributed by atoms with Crippen LogP contribution in [-0.4, -0.2) is 36.1 Å². The SMILES string of the molecule is CCCCCCCC(=O)OC[C@H](COP(=O)([O-])O)OC(=O)CCCCCCC. The Kier molecular flexibility index (Phi) is 16.4. The van der Waals surface area contributed by atoms with Crippen molar-refractivity contribution in [1.82, 2.24) is 0 Å². The molecule has 0 aliphatic rings. The molecule has 0 fully saturated rings. The van der Waals surface area contributed by atoms with E-state index in [-0.39, 0.29) is 19.4 Å². The highest BCUT2D eigenvalue weighted by atomic mass is 31.2. The molecule has 0 rings (SSSR count). The molecule has 28 heavy (non-hydrogen) atoms. The average Bonchev–Trinajstić information content (AvgIpc) is 2.63. The van der Waals surface area contributed by atoms with Gasteiger partial charge in [-0.2, -0.15) is 0 Å². The van der Waals surface area contributed by atoms with Gasteiger partial charge in [0.1, 0.15) is 6.61 Å². The van der Waals surface area contributed by atoms with E-state index < -0.39 is 32.5 Å². The first-order valence-electron chi connectivity index (χ1n) is 10.3. The Morgan fingerprint density at radius 3 is 1.86 bits per heavy atom. The molecule has 0 aliphatic heterocycles. The fraction of sp³-hybridized carbons (Fsp3) is 0.895. The van der Waals surface area contributed by atoms with Crippen LogP contribution in [0.25, 0.3) is 0 Å². The van der Waals surface area contributed by atoms with Crippen LogP contribution in [0.5, 0.6) is 0 Å². The lowest BCUT2D eigenvalue weighted by Gasteiger charge is -2.21. The third kappa shape index (κ3) is 18.4. The summed E-state index contributed by atoms with van der Waals surface area (Å²) in [5, 5.41) is 0. The molecule has 1 N–H and O–H groups in total. The number of esters is 2. The Labute approximate surface area is 168 Å². The predicted octanol–water partition coefficient (Wildman–Crippen LogP) is 3.64. The summed E-state index contributed by atoms with van der Waals surface area (Å²) in [6, 6.07) is 0. The zero-order chi connectivity index (χ0) is 21.3. The molecule has 0 saturated carbocycles. The maximum atomic E-state index is 11.9. The molecule has 0 aromatic carbocycles. The molecule has 0 radical (unpaired) electrons. The maximum absolute atomic E-state index is 11.9. The fourth-order valence-electron chi connectivity index (χ4n) is 2.54. The van der Waals surface area contributed by atoms with Crippen LogP contribution in [0.1, 0.15) is 90.9 Å². The molecule has 2 atom stereocenters. The first-order chi connectivity index (χ1) is 13.3. The third-order valence-electron chi connectivity index (χ3n) is 4.12. The summed E-state index contributed by atoms with van der Waals surface area (Å²) in [5.74, 6) is -0.953. The minimum atomic E-state index is -4.95. The molecular weight excluding hydrogens is 387 g/mol. The van der Waals surface area contributed by atoms with Gasteiger partial charge in [0.25, 0.3) is 7.82 Å². The van der Waals surface area contributed by atoms with Gasteiger partial charge in [0.2, 0.25) is 0 Å². The highest BCUT2D eigenvalue weighted by molar-refractivity contribution is 7.44. The molecule has 0 bridgehead atoms. The van der Waals surface area contributed by atoms with Gasteiger partial charge in [0, 0.05) is 12.8 Å². The first kappa shape index (κ1) is 27.0. The van der Waals surface area contributed by atoms with Gasteiger partial charge in [-0.25, -0.2) is 0 Å². The first-order valence-corrected chi connectivity index (χ1v) is 11.8. The van der Waals surface area contributed by atoms with Crippen molar-refractivity contribution in [2.45, 2.75) is 97.0 Å². The van der Waals surface area contributed by atoms with E-state index in [0.717, 1.165) is 51.4 Å². The van der Waals surface area contributed by atoms with Gasteiger partial charge in [-0.05, 0) is 12.8 Å². The topological polar surface area (TPSA) is 122 Å². The number of hydrogen-bond donors (Lipinski definition) is 1. The van der Waals surface area contributed by atoms with Crippen LogP contribution < -0.4 is 4.89 Å². The van der Waals surface area contributed by atoms with Crippen LogP contribution in [0.3, 0.4) is 0 Å². The summed E-state index contributed by atoms with van der Waals surface area (Å²) in [5.41, 5.74) is 0. The van der Waals surface area contributed by atoms with E-state index >= 15 is 0 Å². The third-order valence-corrected chi connectivity index (χ3v) is 4.60. The van der Waals surface area contributed by atoms with Crippen molar-refractivity contribution >= 4 is 19.8 Å². The second-order valence-electron chi connectivity index (χ2n) is 6.89. The van der Waals surface area contributed by atoms with Crippen LogP contribution in [0.2, 0.25) is 0 Å². The maximum Gasteiger partial charge on any atom is 0.306 e. The Morgan fingerprint density at radius 1 is 0.857 bits per heavy atom. The number of carbonyl (C=O) groups excluding carboxylic acids is 2. The van der Waals surface area contributed by atoms with Gasteiger partial charge in [-0.1, -0.05) is 65.2 Å². The molecule has 0 saturated heterocycles. The molecule has 0 spiro atoms. The van der Waals surface area contributed by atoms with Crippen molar-refractivity contribution in [3.63, 3.8) is 0 Å². The van der Waals surface area contributed by atoms with Crippen molar-refractivity contribution in [2.24, 2.45) is 0 Å². The zero-order valence-corrected chi connectivity index (χ0v) is 18.1. The predicted molar refractivity (Wildman–Crippen MR) is 103 cm³/mol. The highest BCUT2D eigenvalue weighted by Gasteiger charge is 2.19. The summed E-state index contributed by atoms with van der Waals surface area (Å²) in [6.45, 7) is 3.30. The van der Waals surface area contributed by atoms with Gasteiger partial charge < -0.3 is 23.8 Å². The normalized spacial score (nSPS) is 14.3. The second kappa shape index (κ2) is 17.0. The van der Waals surface area contributed by atoms with Crippen molar-refractivity contribution in [2.75, 3.05) is 13.2 Å². The van der Waals surface area contributed by atoms with Gasteiger partial charge >= 0.3 is 11.9 Å². The molecule has 0 aromatic heterocycles. The summed E-state index contributed by atoms with van der Waals surface area (Å²) >= 11 is 0. The Bertz CT molecular complexity index is 463. The molecule has 0 aromatic rings. The van der Waals surface area contributed by atoms with Gasteiger partial charge in [0.05, 0.1) is 6.61 Å². The lowest BCUT2D eigenvalue weighted by atomic mass is 10.1. The van der Waals surface area contributed by atoms with E-state index in [0.29, 0.717) is 12.8 Å². The number of carbonyl (C=O) groups is 2. The van der Waals surface area contributed by atoms with Crippen LogP contribution >= 0.6 is 7.82 Å².